The summed E-state index contributed by atoms with van der Waals surface area (Å²) in [6.45, 7) is 0. The molecule has 3 N–H and O–H groups in total. The lowest BCUT2D eigenvalue weighted by atomic mass is 10.3. The van der Waals surface area contributed by atoms with Crippen LogP contribution in [0.2, 0.25) is 0 Å². The molecule has 1 unspecified atom stereocenters. The molecule has 5 heteroatoms. The minimum absolute atomic E-state index is 0.224. The summed E-state index contributed by atoms with van der Waals surface area (Å²) in [5.74, 6) is 0. The van der Waals surface area contributed by atoms with E-state index in [9.17, 15) is 4.21 Å². The third kappa shape index (κ3) is 2.14. The van der Waals surface area contributed by atoms with Gasteiger partial charge >= 0.3 is 0 Å². The van der Waals surface area contributed by atoms with Gasteiger partial charge in [-0.2, -0.15) is 0 Å². The number of rotatable bonds is 1. The molecule has 0 saturated carbocycles. The summed E-state index contributed by atoms with van der Waals surface area (Å²) in [6, 6.07) is 5.98. The molecule has 0 aliphatic rings. The van der Waals surface area contributed by atoms with Crippen molar-refractivity contribution in [1.82, 2.24) is 0 Å². The fourth-order valence-corrected chi connectivity index (χ4v) is 1.45. The van der Waals surface area contributed by atoms with E-state index in [0.717, 1.165) is 0 Å². The largest absolute Gasteiger partial charge is 0.399 e. The first-order valence-corrected chi connectivity index (χ1v) is 5.27. The minimum atomic E-state index is -3.24. The average molecular weight is 189 g/mol. The second-order valence-corrected chi connectivity index (χ2v) is 4.82. The van der Waals surface area contributed by atoms with Crippen LogP contribution >= 0.6 is 0 Å². The van der Waals surface area contributed by atoms with Crippen LogP contribution < -0.4 is 5.73 Å². The molecule has 0 aromatic heterocycles. The zero-order valence-corrected chi connectivity index (χ0v) is 7.19. The van der Waals surface area contributed by atoms with Gasteiger partial charge in [0.15, 0.2) is 8.77 Å². The SMILES string of the molecule is Nc1ccc(S(=O)(O)=S)cc1. The predicted octanol–water partition coefficient (Wildman–Crippen LogP) is 0.847. The molecule has 0 saturated heterocycles. The summed E-state index contributed by atoms with van der Waals surface area (Å²) in [4.78, 5) is 0.224. The van der Waals surface area contributed by atoms with Crippen molar-refractivity contribution in [2.75, 3.05) is 5.73 Å². The molecule has 0 fully saturated rings. The van der Waals surface area contributed by atoms with Crippen molar-refractivity contribution in [2.45, 2.75) is 4.90 Å². The lowest BCUT2D eigenvalue weighted by Gasteiger charge is -1.98. The molecule has 1 aromatic rings. The van der Waals surface area contributed by atoms with Crippen molar-refractivity contribution in [3.05, 3.63) is 24.3 Å². The first-order chi connectivity index (χ1) is 5.00. The lowest BCUT2D eigenvalue weighted by Crippen LogP contribution is -1.95. The number of hydrogen-bond acceptors (Lipinski definition) is 3. The van der Waals surface area contributed by atoms with Gasteiger partial charge in [-0.1, -0.05) is 0 Å². The van der Waals surface area contributed by atoms with Gasteiger partial charge in [-0.3, -0.25) is 0 Å². The molecule has 3 nitrogen and oxygen atoms in total. The Morgan fingerprint density at radius 2 is 1.82 bits per heavy atom. The van der Waals surface area contributed by atoms with Gasteiger partial charge < -0.3 is 10.3 Å². The van der Waals surface area contributed by atoms with E-state index in [1.807, 2.05) is 0 Å². The normalized spacial score (nSPS) is 15.7. The van der Waals surface area contributed by atoms with Gasteiger partial charge in [0, 0.05) is 16.9 Å². The molecule has 1 atom stereocenters. The maximum atomic E-state index is 10.8. The highest BCUT2D eigenvalue weighted by atomic mass is 32.8. The molecule has 0 amide bonds. The molecule has 1 aromatic carbocycles. The van der Waals surface area contributed by atoms with Crippen LogP contribution in [0.1, 0.15) is 0 Å². The van der Waals surface area contributed by atoms with E-state index in [1.165, 1.54) is 24.3 Å². The molecular weight excluding hydrogens is 182 g/mol. The van der Waals surface area contributed by atoms with Crippen LogP contribution in [-0.2, 0) is 20.0 Å². The van der Waals surface area contributed by atoms with E-state index >= 15 is 0 Å². The first-order valence-electron chi connectivity index (χ1n) is 2.83. The van der Waals surface area contributed by atoms with E-state index in [1.54, 1.807) is 0 Å². The molecule has 0 radical (unpaired) electrons. The van der Waals surface area contributed by atoms with Gasteiger partial charge in [0.25, 0.3) is 0 Å². The smallest absolute Gasteiger partial charge is 0.171 e. The Kier molecular flexibility index (Phi) is 2.12. The van der Waals surface area contributed by atoms with Gasteiger partial charge in [0.1, 0.15) is 0 Å². The molecule has 0 aliphatic heterocycles. The fraction of sp³-hybridized carbons (Fsp3) is 0. The van der Waals surface area contributed by atoms with Crippen LogP contribution in [0.5, 0.6) is 0 Å². The van der Waals surface area contributed by atoms with Crippen molar-refractivity contribution < 1.29 is 8.76 Å². The average Bonchev–Trinajstić information content (AvgIpc) is 1.86. The molecule has 11 heavy (non-hydrogen) atoms. The van der Waals surface area contributed by atoms with E-state index in [2.05, 4.69) is 11.2 Å². The van der Waals surface area contributed by atoms with Gasteiger partial charge in [-0.25, -0.2) is 4.21 Å². The van der Waals surface area contributed by atoms with Gasteiger partial charge in [0.2, 0.25) is 0 Å². The Labute approximate surface area is 69.7 Å². The minimum Gasteiger partial charge on any atom is -0.399 e. The predicted molar refractivity (Wildman–Crippen MR) is 47.3 cm³/mol. The summed E-state index contributed by atoms with van der Waals surface area (Å²) in [7, 11) is -3.24. The fourth-order valence-electron chi connectivity index (χ4n) is 0.640. The third-order valence-corrected chi connectivity index (χ3v) is 2.62. The third-order valence-electron chi connectivity index (χ3n) is 1.18. The number of hydrogen-bond donors (Lipinski definition) is 2. The molecular formula is C6H7NO2S2. The van der Waals surface area contributed by atoms with E-state index in [-0.39, 0.29) is 4.90 Å². The monoisotopic (exact) mass is 189 g/mol. The van der Waals surface area contributed by atoms with Crippen molar-refractivity contribution in [2.24, 2.45) is 0 Å². The molecule has 0 bridgehead atoms. The van der Waals surface area contributed by atoms with Gasteiger partial charge in [0.05, 0.1) is 4.90 Å². The van der Waals surface area contributed by atoms with Crippen LogP contribution in [0.3, 0.4) is 0 Å². The summed E-state index contributed by atoms with van der Waals surface area (Å²) in [6.07, 6.45) is 0. The zero-order valence-electron chi connectivity index (χ0n) is 5.56. The number of benzene rings is 1. The van der Waals surface area contributed by atoms with Crippen molar-refractivity contribution >= 4 is 25.6 Å². The first kappa shape index (κ1) is 8.45. The highest BCUT2D eigenvalue weighted by Crippen LogP contribution is 2.10. The standard InChI is InChI=1S/C6H7NO2S2/c7-5-1-3-6(4-2-5)11(8,9)10/h1-4H,7H2,(H,8,9,10). The van der Waals surface area contributed by atoms with Gasteiger partial charge in [-0.15, -0.1) is 0 Å². The van der Waals surface area contributed by atoms with Crippen molar-refractivity contribution in [3.8, 4) is 0 Å². The molecule has 60 valence electrons. The van der Waals surface area contributed by atoms with Crippen LogP contribution in [0, 0.1) is 0 Å². The molecule has 0 heterocycles. The quantitative estimate of drug-likeness (QED) is 0.643. The van der Waals surface area contributed by atoms with E-state index in [0.29, 0.717) is 5.69 Å². The number of nitrogens with two attached hydrogens (primary N) is 1. The Morgan fingerprint density at radius 1 is 1.36 bits per heavy atom. The van der Waals surface area contributed by atoms with Gasteiger partial charge in [-0.05, 0) is 24.3 Å². The number of nitrogen functional groups attached to an aromatic ring is 1. The molecule has 0 spiro atoms. The highest BCUT2D eigenvalue weighted by Gasteiger charge is 2.02. The Morgan fingerprint density at radius 3 is 2.18 bits per heavy atom. The molecule has 0 aliphatic carbocycles. The van der Waals surface area contributed by atoms with Crippen LogP contribution in [0.25, 0.3) is 0 Å². The topological polar surface area (TPSA) is 63.3 Å². The summed E-state index contributed by atoms with van der Waals surface area (Å²) < 4.78 is 19.7. The second-order valence-electron chi connectivity index (χ2n) is 2.04. The summed E-state index contributed by atoms with van der Waals surface area (Å²) in [5.41, 5.74) is 5.91. The van der Waals surface area contributed by atoms with Crippen LogP contribution in [0.4, 0.5) is 5.69 Å². The van der Waals surface area contributed by atoms with Crippen molar-refractivity contribution in [3.63, 3.8) is 0 Å². The highest BCUT2D eigenvalue weighted by molar-refractivity contribution is 8.29. The summed E-state index contributed by atoms with van der Waals surface area (Å²) in [5, 5.41) is 0. The zero-order chi connectivity index (χ0) is 8.48. The maximum Gasteiger partial charge on any atom is 0.171 e. The Hall–Kier alpha value is -0.650. The van der Waals surface area contributed by atoms with Crippen LogP contribution in [-0.4, -0.2) is 8.76 Å². The second kappa shape index (κ2) is 2.77. The Balaban J connectivity index is 3.20. The Bertz CT molecular complexity index is 341. The van der Waals surface area contributed by atoms with Crippen molar-refractivity contribution in [1.29, 1.82) is 0 Å². The maximum absolute atomic E-state index is 10.8. The van der Waals surface area contributed by atoms with E-state index in [4.69, 9.17) is 10.3 Å². The van der Waals surface area contributed by atoms with Crippen LogP contribution in [0.15, 0.2) is 29.2 Å². The lowest BCUT2D eigenvalue weighted by molar-refractivity contribution is 0.562. The number of anilines is 1. The van der Waals surface area contributed by atoms with E-state index < -0.39 is 8.77 Å². The summed E-state index contributed by atoms with van der Waals surface area (Å²) >= 11 is 4.34. The molecule has 1 rings (SSSR count).